The summed E-state index contributed by atoms with van der Waals surface area (Å²) in [6, 6.07) is 0. The van der Waals surface area contributed by atoms with E-state index >= 15 is 0 Å². The number of aliphatic imine (C=N–C) groups is 1. The van der Waals surface area contributed by atoms with Gasteiger partial charge in [-0.3, -0.25) is 0 Å². The number of hydrogen-bond donors (Lipinski definition) is 2. The van der Waals surface area contributed by atoms with E-state index in [1.54, 1.807) is 11.3 Å². The summed E-state index contributed by atoms with van der Waals surface area (Å²) < 4.78 is 7.33. The van der Waals surface area contributed by atoms with Crippen molar-refractivity contribution in [2.75, 3.05) is 26.3 Å². The zero-order chi connectivity index (χ0) is 18.8. The predicted octanol–water partition coefficient (Wildman–Crippen LogP) is 1.59. The Balaban J connectivity index is 1.86. The summed E-state index contributed by atoms with van der Waals surface area (Å²) >= 11 is 1.73. The van der Waals surface area contributed by atoms with E-state index < -0.39 is 0 Å². The molecule has 0 unspecified atom stereocenters. The molecular formula is C17H29N7OS. The van der Waals surface area contributed by atoms with Crippen LogP contribution in [0, 0.1) is 13.8 Å². The Kier molecular flexibility index (Phi) is 8.49. The second-order valence-electron chi connectivity index (χ2n) is 5.91. The van der Waals surface area contributed by atoms with Crippen molar-refractivity contribution in [2.24, 2.45) is 12.0 Å². The molecule has 0 bridgehead atoms. The molecule has 0 saturated heterocycles. The zero-order valence-corrected chi connectivity index (χ0v) is 16.9. The fourth-order valence-corrected chi connectivity index (χ4v) is 3.03. The molecule has 0 aromatic carbocycles. The molecule has 0 atom stereocenters. The summed E-state index contributed by atoms with van der Waals surface area (Å²) in [4.78, 5) is 10.3. The molecule has 2 rings (SSSR count). The minimum atomic E-state index is 0.481. The molecule has 0 saturated carbocycles. The monoisotopic (exact) mass is 379 g/mol. The average Bonchev–Trinajstić information content (AvgIpc) is 3.18. The average molecular weight is 380 g/mol. The normalized spacial score (nSPS) is 11.8. The van der Waals surface area contributed by atoms with Gasteiger partial charge in [0.05, 0.1) is 5.01 Å². The lowest BCUT2D eigenvalue weighted by molar-refractivity contribution is 0.145. The van der Waals surface area contributed by atoms with Crippen molar-refractivity contribution >= 4 is 17.3 Å². The van der Waals surface area contributed by atoms with E-state index in [0.717, 1.165) is 61.8 Å². The minimum absolute atomic E-state index is 0.481. The van der Waals surface area contributed by atoms with E-state index in [9.17, 15) is 0 Å². The first kappa shape index (κ1) is 20.3. The number of thiazole rings is 1. The lowest BCUT2D eigenvalue weighted by Crippen LogP contribution is -2.39. The Morgan fingerprint density at radius 3 is 2.73 bits per heavy atom. The standard InChI is InChI=1S/C17H29N7OS/c1-5-25-10-6-8-18-17(19-9-7-16-20-11-13(2)26-16)21-12-15-23-22-14(3)24(15)4/h11H,5-10,12H2,1-4H3,(H2,18,19,21). The molecule has 2 heterocycles. The van der Waals surface area contributed by atoms with Gasteiger partial charge in [-0.25, -0.2) is 9.98 Å². The highest BCUT2D eigenvalue weighted by atomic mass is 32.1. The van der Waals surface area contributed by atoms with Crippen molar-refractivity contribution < 1.29 is 4.74 Å². The van der Waals surface area contributed by atoms with Crippen molar-refractivity contribution in [2.45, 2.75) is 40.2 Å². The predicted molar refractivity (Wildman–Crippen MR) is 105 cm³/mol. The van der Waals surface area contributed by atoms with Gasteiger partial charge in [-0.2, -0.15) is 0 Å². The number of aryl methyl sites for hydroxylation is 2. The van der Waals surface area contributed by atoms with Crippen LogP contribution >= 0.6 is 11.3 Å². The minimum Gasteiger partial charge on any atom is -0.382 e. The van der Waals surface area contributed by atoms with E-state index in [1.807, 2.05) is 31.7 Å². The Morgan fingerprint density at radius 2 is 2.08 bits per heavy atom. The highest BCUT2D eigenvalue weighted by Gasteiger charge is 2.06. The van der Waals surface area contributed by atoms with Crippen molar-refractivity contribution in [3.63, 3.8) is 0 Å². The molecule has 0 spiro atoms. The number of ether oxygens (including phenoxy) is 1. The van der Waals surface area contributed by atoms with Crippen molar-refractivity contribution in [1.82, 2.24) is 30.4 Å². The maximum Gasteiger partial charge on any atom is 0.191 e. The van der Waals surface area contributed by atoms with Crippen molar-refractivity contribution in [3.05, 3.63) is 27.7 Å². The molecular weight excluding hydrogens is 350 g/mol. The van der Waals surface area contributed by atoms with Crippen molar-refractivity contribution in [3.8, 4) is 0 Å². The molecule has 0 amide bonds. The van der Waals surface area contributed by atoms with Crippen LogP contribution in [0.3, 0.4) is 0 Å². The molecule has 26 heavy (non-hydrogen) atoms. The molecule has 0 aliphatic carbocycles. The van der Waals surface area contributed by atoms with Gasteiger partial charge in [-0.1, -0.05) is 0 Å². The number of rotatable bonds is 10. The van der Waals surface area contributed by atoms with Crippen LogP contribution in [-0.4, -0.2) is 52.0 Å². The number of nitrogens with zero attached hydrogens (tertiary/aromatic N) is 5. The summed E-state index contributed by atoms with van der Waals surface area (Å²) in [7, 11) is 1.95. The van der Waals surface area contributed by atoms with Crippen molar-refractivity contribution in [1.29, 1.82) is 0 Å². The smallest absolute Gasteiger partial charge is 0.191 e. The first-order chi connectivity index (χ1) is 12.6. The van der Waals surface area contributed by atoms with Crippen LogP contribution in [0.2, 0.25) is 0 Å². The highest BCUT2D eigenvalue weighted by Crippen LogP contribution is 2.10. The van der Waals surface area contributed by atoms with Crippen LogP contribution in [0.25, 0.3) is 0 Å². The Bertz CT molecular complexity index is 695. The van der Waals surface area contributed by atoms with Crippen LogP contribution in [-0.2, 0) is 24.8 Å². The third-order valence-corrected chi connectivity index (χ3v) is 4.80. The first-order valence-electron chi connectivity index (χ1n) is 8.96. The lowest BCUT2D eigenvalue weighted by Gasteiger charge is -2.12. The van der Waals surface area contributed by atoms with Gasteiger partial charge in [0.15, 0.2) is 11.8 Å². The van der Waals surface area contributed by atoms with E-state index in [-0.39, 0.29) is 0 Å². The van der Waals surface area contributed by atoms with Gasteiger partial charge in [0.2, 0.25) is 0 Å². The van der Waals surface area contributed by atoms with Gasteiger partial charge in [-0.05, 0) is 27.2 Å². The highest BCUT2D eigenvalue weighted by molar-refractivity contribution is 7.11. The molecule has 8 nitrogen and oxygen atoms in total. The molecule has 0 aliphatic heterocycles. The summed E-state index contributed by atoms with van der Waals surface area (Å²) in [5.41, 5.74) is 0. The molecule has 9 heteroatoms. The van der Waals surface area contributed by atoms with Gasteiger partial charge < -0.3 is 19.9 Å². The van der Waals surface area contributed by atoms with E-state index in [1.165, 1.54) is 4.88 Å². The summed E-state index contributed by atoms with van der Waals surface area (Å²) in [5, 5.41) is 16.1. The third kappa shape index (κ3) is 6.72. The lowest BCUT2D eigenvalue weighted by atomic mass is 10.4. The number of guanidine groups is 1. The summed E-state index contributed by atoms with van der Waals surface area (Å²) in [5.74, 6) is 2.50. The molecule has 2 aromatic rings. The SMILES string of the molecule is CCOCCCNC(=NCc1nnc(C)n1C)NCCc1ncc(C)s1. The molecule has 2 N–H and O–H groups in total. The Hall–Kier alpha value is -2.00. The van der Waals surface area contributed by atoms with E-state index in [2.05, 4.69) is 37.7 Å². The van der Waals surface area contributed by atoms with Gasteiger partial charge in [0.1, 0.15) is 12.4 Å². The fourth-order valence-electron chi connectivity index (χ4n) is 2.24. The second-order valence-corrected chi connectivity index (χ2v) is 7.23. The maximum absolute atomic E-state index is 5.38. The summed E-state index contributed by atoms with van der Waals surface area (Å²) in [6.07, 6.45) is 3.72. The third-order valence-electron chi connectivity index (χ3n) is 3.82. The zero-order valence-electron chi connectivity index (χ0n) is 16.1. The number of hydrogen-bond acceptors (Lipinski definition) is 6. The van der Waals surface area contributed by atoms with Gasteiger partial charge >= 0.3 is 0 Å². The van der Waals surface area contributed by atoms with Crippen LogP contribution in [0.5, 0.6) is 0 Å². The largest absolute Gasteiger partial charge is 0.382 e. The topological polar surface area (TPSA) is 89.2 Å². The number of aromatic nitrogens is 4. The van der Waals surface area contributed by atoms with Gasteiger partial charge in [-0.15, -0.1) is 21.5 Å². The molecule has 0 aliphatic rings. The second kappa shape index (κ2) is 10.9. The van der Waals surface area contributed by atoms with E-state index in [0.29, 0.717) is 6.54 Å². The molecule has 2 aromatic heterocycles. The fraction of sp³-hybridized carbons (Fsp3) is 0.647. The molecule has 0 radical (unpaired) electrons. The van der Waals surface area contributed by atoms with Gasteiger partial charge in [0, 0.05) is 50.8 Å². The first-order valence-corrected chi connectivity index (χ1v) is 9.78. The Morgan fingerprint density at radius 1 is 1.27 bits per heavy atom. The quantitative estimate of drug-likeness (QED) is 0.370. The summed E-state index contributed by atoms with van der Waals surface area (Å²) in [6.45, 7) is 9.57. The Labute approximate surface area is 159 Å². The van der Waals surface area contributed by atoms with Crippen LogP contribution in [0.15, 0.2) is 11.2 Å². The van der Waals surface area contributed by atoms with Crippen LogP contribution in [0.4, 0.5) is 0 Å². The number of nitrogens with one attached hydrogen (secondary N) is 2. The van der Waals surface area contributed by atoms with E-state index in [4.69, 9.17) is 4.74 Å². The van der Waals surface area contributed by atoms with Gasteiger partial charge in [0.25, 0.3) is 0 Å². The molecule has 0 fully saturated rings. The van der Waals surface area contributed by atoms with Crippen LogP contribution < -0.4 is 10.6 Å². The van der Waals surface area contributed by atoms with Crippen LogP contribution in [0.1, 0.15) is 34.9 Å². The maximum atomic E-state index is 5.38. The molecule has 144 valence electrons.